The van der Waals surface area contributed by atoms with Gasteiger partial charge in [-0.3, -0.25) is 0 Å². The highest BCUT2D eigenvalue weighted by Crippen LogP contribution is 2.39. The minimum atomic E-state index is 0.528. The molecule has 0 spiro atoms. The van der Waals surface area contributed by atoms with Gasteiger partial charge in [-0.15, -0.1) is 0 Å². The molecular weight excluding hydrogens is 264 g/mol. The molecule has 5 heteroatoms. The highest BCUT2D eigenvalue weighted by Gasteiger charge is 2.27. The molecule has 0 radical (unpaired) electrons. The Morgan fingerprint density at radius 2 is 1.86 bits per heavy atom. The third-order valence-corrected chi connectivity index (χ3v) is 3.41. The van der Waals surface area contributed by atoms with E-state index in [-0.39, 0.29) is 0 Å². The Labute approximate surface area is 124 Å². The number of anilines is 3. The van der Waals surface area contributed by atoms with Crippen molar-refractivity contribution in [1.29, 1.82) is 0 Å². The lowest BCUT2D eigenvalue weighted by Gasteiger charge is -2.11. The fourth-order valence-corrected chi connectivity index (χ4v) is 2.15. The van der Waals surface area contributed by atoms with Crippen LogP contribution in [0.15, 0.2) is 30.3 Å². The second-order valence-corrected chi connectivity index (χ2v) is 5.15. The first-order chi connectivity index (χ1) is 10.3. The molecule has 5 nitrogen and oxygen atoms in total. The van der Waals surface area contributed by atoms with Crippen molar-refractivity contribution in [3.05, 3.63) is 36.2 Å². The molecule has 0 atom stereocenters. The molecule has 0 saturated heterocycles. The van der Waals surface area contributed by atoms with E-state index in [1.165, 1.54) is 12.8 Å². The number of nitrogens with zero attached hydrogens (tertiary/aromatic N) is 2. The van der Waals surface area contributed by atoms with Gasteiger partial charge in [0.1, 0.15) is 23.2 Å². The third-order valence-electron chi connectivity index (χ3n) is 3.41. The molecule has 0 amide bonds. The molecule has 0 aliphatic heterocycles. The number of ether oxygens (including phenoxy) is 1. The summed E-state index contributed by atoms with van der Waals surface area (Å²) in [5.74, 6) is 4.01. The van der Waals surface area contributed by atoms with Gasteiger partial charge < -0.3 is 15.4 Å². The maximum Gasteiger partial charge on any atom is 0.136 e. The first-order valence-corrected chi connectivity index (χ1v) is 7.32. The highest BCUT2D eigenvalue weighted by atomic mass is 16.5. The van der Waals surface area contributed by atoms with E-state index in [1.54, 1.807) is 7.11 Å². The van der Waals surface area contributed by atoms with Crippen LogP contribution in [0.2, 0.25) is 0 Å². The monoisotopic (exact) mass is 284 g/mol. The van der Waals surface area contributed by atoms with Gasteiger partial charge in [0.05, 0.1) is 7.11 Å². The molecule has 2 N–H and O–H groups in total. The van der Waals surface area contributed by atoms with Crippen LogP contribution in [-0.4, -0.2) is 23.6 Å². The molecule has 0 bridgehead atoms. The lowest BCUT2D eigenvalue weighted by atomic mass is 10.3. The Morgan fingerprint density at radius 1 is 1.14 bits per heavy atom. The average Bonchev–Trinajstić information content (AvgIpc) is 3.33. The van der Waals surface area contributed by atoms with Crippen molar-refractivity contribution in [2.75, 3.05) is 24.3 Å². The second-order valence-electron chi connectivity index (χ2n) is 5.15. The molecule has 1 aliphatic rings. The van der Waals surface area contributed by atoms with E-state index >= 15 is 0 Å². The van der Waals surface area contributed by atoms with Gasteiger partial charge in [0.15, 0.2) is 0 Å². The normalized spacial score (nSPS) is 13.8. The maximum absolute atomic E-state index is 5.17. The van der Waals surface area contributed by atoms with E-state index in [4.69, 9.17) is 4.74 Å². The lowest BCUT2D eigenvalue weighted by Crippen LogP contribution is -2.05. The minimum absolute atomic E-state index is 0.528. The summed E-state index contributed by atoms with van der Waals surface area (Å²) in [7, 11) is 1.66. The largest absolute Gasteiger partial charge is 0.497 e. The van der Waals surface area contributed by atoms with Gasteiger partial charge in [0, 0.05) is 24.2 Å². The van der Waals surface area contributed by atoms with Gasteiger partial charge in [-0.25, -0.2) is 9.97 Å². The van der Waals surface area contributed by atoms with Crippen LogP contribution in [0, 0.1) is 0 Å². The zero-order valence-corrected chi connectivity index (χ0v) is 12.4. The Balaban J connectivity index is 1.82. The van der Waals surface area contributed by atoms with Gasteiger partial charge in [-0.2, -0.15) is 0 Å². The van der Waals surface area contributed by atoms with E-state index in [1.807, 2.05) is 30.3 Å². The van der Waals surface area contributed by atoms with Crippen LogP contribution in [0.4, 0.5) is 17.3 Å². The molecule has 3 rings (SSSR count). The van der Waals surface area contributed by atoms with Crippen molar-refractivity contribution in [2.45, 2.75) is 25.7 Å². The summed E-state index contributed by atoms with van der Waals surface area (Å²) in [6.45, 7) is 2.92. The lowest BCUT2D eigenvalue weighted by molar-refractivity contribution is 0.415. The van der Waals surface area contributed by atoms with Crippen molar-refractivity contribution in [3.63, 3.8) is 0 Å². The van der Waals surface area contributed by atoms with Crippen molar-refractivity contribution in [1.82, 2.24) is 9.97 Å². The van der Waals surface area contributed by atoms with Crippen LogP contribution in [-0.2, 0) is 0 Å². The Kier molecular flexibility index (Phi) is 3.90. The third kappa shape index (κ3) is 3.42. The highest BCUT2D eigenvalue weighted by molar-refractivity contribution is 5.60. The molecule has 1 aromatic heterocycles. The summed E-state index contributed by atoms with van der Waals surface area (Å²) in [6.07, 6.45) is 2.38. The summed E-state index contributed by atoms with van der Waals surface area (Å²) in [5.41, 5.74) is 0.985. The standard InChI is InChI=1S/C16H20N4O/c1-3-17-14-10-15(20-16(19-14)11-4-5-11)18-12-6-8-13(21-2)9-7-12/h6-11H,3-5H2,1-2H3,(H2,17,18,19,20). The number of benzene rings is 1. The SMILES string of the molecule is CCNc1cc(Nc2ccc(OC)cc2)nc(C2CC2)n1. The quantitative estimate of drug-likeness (QED) is 0.849. The fourth-order valence-electron chi connectivity index (χ4n) is 2.15. The number of hydrogen-bond donors (Lipinski definition) is 2. The number of aromatic nitrogens is 2. The molecule has 21 heavy (non-hydrogen) atoms. The smallest absolute Gasteiger partial charge is 0.136 e. The van der Waals surface area contributed by atoms with Gasteiger partial charge in [-0.05, 0) is 44.0 Å². The van der Waals surface area contributed by atoms with E-state index in [9.17, 15) is 0 Å². The second kappa shape index (κ2) is 5.99. The molecule has 1 aromatic carbocycles. The van der Waals surface area contributed by atoms with Crippen LogP contribution < -0.4 is 15.4 Å². The molecule has 0 unspecified atom stereocenters. The molecule has 1 saturated carbocycles. The molecule has 1 fully saturated rings. The first-order valence-electron chi connectivity index (χ1n) is 7.32. The summed E-state index contributed by atoms with van der Waals surface area (Å²) in [5, 5.41) is 6.59. The Morgan fingerprint density at radius 3 is 2.48 bits per heavy atom. The Bertz CT molecular complexity index is 608. The fraction of sp³-hybridized carbons (Fsp3) is 0.375. The topological polar surface area (TPSA) is 59.1 Å². The van der Waals surface area contributed by atoms with Gasteiger partial charge in [0.25, 0.3) is 0 Å². The number of nitrogens with one attached hydrogen (secondary N) is 2. The number of hydrogen-bond acceptors (Lipinski definition) is 5. The summed E-state index contributed by atoms with van der Waals surface area (Å²) in [6, 6.07) is 9.75. The van der Waals surface area contributed by atoms with E-state index in [0.717, 1.165) is 35.4 Å². The van der Waals surface area contributed by atoms with Crippen molar-refractivity contribution in [2.24, 2.45) is 0 Å². The van der Waals surface area contributed by atoms with Crippen LogP contribution in [0.3, 0.4) is 0 Å². The van der Waals surface area contributed by atoms with Crippen LogP contribution in [0.5, 0.6) is 5.75 Å². The first kappa shape index (κ1) is 13.7. The van der Waals surface area contributed by atoms with Gasteiger partial charge >= 0.3 is 0 Å². The number of rotatable bonds is 6. The van der Waals surface area contributed by atoms with Crippen molar-refractivity contribution >= 4 is 17.3 Å². The van der Waals surface area contributed by atoms with Gasteiger partial charge in [0.2, 0.25) is 0 Å². The van der Waals surface area contributed by atoms with Crippen molar-refractivity contribution < 1.29 is 4.74 Å². The van der Waals surface area contributed by atoms with E-state index in [2.05, 4.69) is 27.5 Å². The van der Waals surface area contributed by atoms with E-state index in [0.29, 0.717) is 5.92 Å². The Hall–Kier alpha value is -2.30. The molecular formula is C16H20N4O. The maximum atomic E-state index is 5.17. The molecule has 1 aliphatic carbocycles. The van der Waals surface area contributed by atoms with Gasteiger partial charge in [-0.1, -0.05) is 0 Å². The summed E-state index contributed by atoms with van der Waals surface area (Å²) >= 11 is 0. The van der Waals surface area contributed by atoms with Crippen LogP contribution >= 0.6 is 0 Å². The number of methoxy groups -OCH3 is 1. The predicted molar refractivity (Wildman–Crippen MR) is 84.4 cm³/mol. The van der Waals surface area contributed by atoms with Crippen LogP contribution in [0.25, 0.3) is 0 Å². The van der Waals surface area contributed by atoms with Crippen molar-refractivity contribution in [3.8, 4) is 5.75 Å². The average molecular weight is 284 g/mol. The van der Waals surface area contributed by atoms with Crippen LogP contribution in [0.1, 0.15) is 31.5 Å². The van der Waals surface area contributed by atoms with E-state index < -0.39 is 0 Å². The molecule has 110 valence electrons. The molecule has 1 heterocycles. The summed E-state index contributed by atoms with van der Waals surface area (Å²) < 4.78 is 5.17. The minimum Gasteiger partial charge on any atom is -0.497 e. The zero-order valence-electron chi connectivity index (χ0n) is 12.4. The summed E-state index contributed by atoms with van der Waals surface area (Å²) in [4.78, 5) is 9.19. The predicted octanol–water partition coefficient (Wildman–Crippen LogP) is 3.54. The molecule has 2 aromatic rings. The zero-order chi connectivity index (χ0) is 14.7.